The van der Waals surface area contributed by atoms with E-state index in [1.807, 2.05) is 0 Å². The van der Waals surface area contributed by atoms with Crippen molar-refractivity contribution in [2.75, 3.05) is 4.90 Å². The van der Waals surface area contributed by atoms with E-state index in [1.54, 1.807) is 41.5 Å². The van der Waals surface area contributed by atoms with Gasteiger partial charge in [-0.2, -0.15) is 4.90 Å². The second-order valence-electron chi connectivity index (χ2n) is 9.28. The number of amides is 2. The van der Waals surface area contributed by atoms with E-state index in [4.69, 9.17) is 9.47 Å². The molecule has 2 rings (SSSR count). The SMILES string of the molecule is Cc1c(Cc2ccnc(N(C(=O)OC(C)(C)C)C(=O)OC(C)(C)C)c2F)cncc1[N+](=O)[O-]. The quantitative estimate of drug-likeness (QED) is 0.454. The average molecular weight is 462 g/mol. The number of carbonyl (C=O) groups excluding carboxylic acids is 2. The molecule has 0 aliphatic heterocycles. The fourth-order valence-electron chi connectivity index (χ4n) is 2.75. The molecule has 2 amide bonds. The van der Waals surface area contributed by atoms with Gasteiger partial charge in [0.15, 0.2) is 11.6 Å². The molecular weight excluding hydrogens is 435 g/mol. The minimum atomic E-state index is -1.16. The minimum absolute atomic E-state index is 0.0440. The molecule has 10 nitrogen and oxygen atoms in total. The number of hydrogen-bond acceptors (Lipinski definition) is 8. The van der Waals surface area contributed by atoms with Crippen molar-refractivity contribution in [1.82, 2.24) is 9.97 Å². The van der Waals surface area contributed by atoms with Crippen molar-refractivity contribution in [3.8, 4) is 0 Å². The second kappa shape index (κ2) is 9.47. The zero-order valence-corrected chi connectivity index (χ0v) is 19.6. The van der Waals surface area contributed by atoms with Gasteiger partial charge in [-0.15, -0.1) is 0 Å². The summed E-state index contributed by atoms with van der Waals surface area (Å²) in [5.74, 6) is -1.58. The summed E-state index contributed by atoms with van der Waals surface area (Å²) in [6, 6.07) is 1.35. The summed E-state index contributed by atoms with van der Waals surface area (Å²) in [6.45, 7) is 11.1. The first-order valence-corrected chi connectivity index (χ1v) is 10.1. The summed E-state index contributed by atoms with van der Waals surface area (Å²) in [7, 11) is 0. The lowest BCUT2D eigenvalue weighted by molar-refractivity contribution is -0.385. The van der Waals surface area contributed by atoms with Gasteiger partial charge in [0.2, 0.25) is 0 Å². The van der Waals surface area contributed by atoms with Gasteiger partial charge in [0.05, 0.1) is 4.92 Å². The van der Waals surface area contributed by atoms with E-state index in [9.17, 15) is 19.7 Å². The summed E-state index contributed by atoms with van der Waals surface area (Å²) >= 11 is 0. The van der Waals surface area contributed by atoms with Crippen LogP contribution in [0.25, 0.3) is 0 Å². The number of nitro groups is 1. The summed E-state index contributed by atoms with van der Waals surface area (Å²) in [6.07, 6.45) is 1.32. The van der Waals surface area contributed by atoms with Gasteiger partial charge in [0.1, 0.15) is 17.4 Å². The molecule has 2 aromatic heterocycles. The predicted octanol–water partition coefficient (Wildman–Crippen LogP) is 5.10. The Morgan fingerprint density at radius 2 is 1.61 bits per heavy atom. The third-order valence-electron chi connectivity index (χ3n) is 4.19. The molecule has 33 heavy (non-hydrogen) atoms. The monoisotopic (exact) mass is 462 g/mol. The van der Waals surface area contributed by atoms with E-state index < -0.39 is 39.9 Å². The molecule has 0 aromatic carbocycles. The number of pyridine rings is 2. The summed E-state index contributed by atoms with van der Waals surface area (Å²) in [4.78, 5) is 44.3. The fourth-order valence-corrected chi connectivity index (χ4v) is 2.75. The first kappa shape index (κ1) is 25.6. The van der Waals surface area contributed by atoms with Crippen LogP contribution in [0.15, 0.2) is 24.7 Å². The largest absolute Gasteiger partial charge is 0.443 e. The van der Waals surface area contributed by atoms with Crippen LogP contribution in [0.3, 0.4) is 0 Å². The smallest absolute Gasteiger partial charge is 0.425 e. The van der Waals surface area contributed by atoms with Gasteiger partial charge < -0.3 is 9.47 Å². The molecule has 2 heterocycles. The molecule has 0 aliphatic carbocycles. The Balaban J connectivity index is 2.53. The number of hydrogen-bond donors (Lipinski definition) is 0. The predicted molar refractivity (Wildman–Crippen MR) is 118 cm³/mol. The lowest BCUT2D eigenvalue weighted by atomic mass is 10.0. The minimum Gasteiger partial charge on any atom is -0.443 e. The molecule has 0 N–H and O–H groups in total. The van der Waals surface area contributed by atoms with E-state index in [1.165, 1.54) is 25.4 Å². The Morgan fingerprint density at radius 3 is 2.09 bits per heavy atom. The van der Waals surface area contributed by atoms with Gasteiger partial charge in [-0.1, -0.05) is 0 Å². The maximum atomic E-state index is 15.5. The fraction of sp³-hybridized carbons (Fsp3) is 0.455. The summed E-state index contributed by atoms with van der Waals surface area (Å²) in [5, 5.41) is 11.2. The van der Waals surface area contributed by atoms with E-state index in [-0.39, 0.29) is 17.7 Å². The van der Waals surface area contributed by atoms with Gasteiger partial charge >= 0.3 is 12.2 Å². The van der Waals surface area contributed by atoms with Crippen molar-refractivity contribution >= 4 is 23.7 Å². The van der Waals surface area contributed by atoms with Crippen molar-refractivity contribution in [3.63, 3.8) is 0 Å². The van der Waals surface area contributed by atoms with E-state index in [2.05, 4.69) is 9.97 Å². The number of imide groups is 1. The number of halogens is 1. The van der Waals surface area contributed by atoms with Gasteiger partial charge in [-0.25, -0.2) is 19.0 Å². The van der Waals surface area contributed by atoms with Crippen molar-refractivity contribution in [2.24, 2.45) is 0 Å². The van der Waals surface area contributed by atoms with E-state index in [0.717, 1.165) is 6.20 Å². The number of ether oxygens (including phenoxy) is 2. The molecule has 0 unspecified atom stereocenters. The molecule has 0 radical (unpaired) electrons. The second-order valence-corrected chi connectivity index (χ2v) is 9.28. The molecule has 2 aromatic rings. The van der Waals surface area contributed by atoms with E-state index in [0.29, 0.717) is 16.0 Å². The Kier molecular flexibility index (Phi) is 7.36. The molecule has 0 saturated carbocycles. The lowest BCUT2D eigenvalue weighted by Crippen LogP contribution is -2.44. The van der Waals surface area contributed by atoms with Crippen LogP contribution in [0.4, 0.5) is 25.5 Å². The van der Waals surface area contributed by atoms with Crippen LogP contribution in [-0.2, 0) is 15.9 Å². The molecule has 178 valence electrons. The Bertz CT molecular complexity index is 1050. The third-order valence-corrected chi connectivity index (χ3v) is 4.19. The van der Waals surface area contributed by atoms with Crippen LogP contribution in [-0.4, -0.2) is 38.3 Å². The first-order valence-electron chi connectivity index (χ1n) is 10.1. The molecule has 0 bridgehead atoms. The number of rotatable bonds is 4. The summed E-state index contributed by atoms with van der Waals surface area (Å²) < 4.78 is 26.0. The van der Waals surface area contributed by atoms with Crippen molar-refractivity contribution in [1.29, 1.82) is 0 Å². The Morgan fingerprint density at radius 1 is 1.06 bits per heavy atom. The molecule has 0 spiro atoms. The van der Waals surface area contributed by atoms with Crippen LogP contribution in [0, 0.1) is 22.9 Å². The zero-order valence-electron chi connectivity index (χ0n) is 19.6. The highest BCUT2D eigenvalue weighted by Gasteiger charge is 2.36. The number of nitrogens with zero attached hydrogens (tertiary/aromatic N) is 4. The maximum Gasteiger partial charge on any atom is 0.425 e. The lowest BCUT2D eigenvalue weighted by Gasteiger charge is -2.28. The van der Waals surface area contributed by atoms with Gasteiger partial charge in [0.25, 0.3) is 5.69 Å². The van der Waals surface area contributed by atoms with Crippen molar-refractivity contribution in [3.05, 3.63) is 57.3 Å². The van der Waals surface area contributed by atoms with Gasteiger partial charge in [-0.3, -0.25) is 15.1 Å². The molecule has 11 heteroatoms. The van der Waals surface area contributed by atoms with Crippen LogP contribution in [0.5, 0.6) is 0 Å². The normalized spacial score (nSPS) is 11.6. The molecule has 0 atom stereocenters. The van der Waals surface area contributed by atoms with Crippen molar-refractivity contribution < 1.29 is 28.4 Å². The van der Waals surface area contributed by atoms with Crippen molar-refractivity contribution in [2.45, 2.75) is 66.1 Å². The number of aromatic nitrogens is 2. The maximum absolute atomic E-state index is 15.5. The summed E-state index contributed by atoms with van der Waals surface area (Å²) in [5.41, 5.74) is -1.38. The number of anilines is 1. The highest BCUT2D eigenvalue weighted by molar-refractivity contribution is 6.08. The van der Waals surface area contributed by atoms with Crippen LogP contribution in [0.1, 0.15) is 58.2 Å². The van der Waals surface area contributed by atoms with Crippen LogP contribution in [0.2, 0.25) is 0 Å². The van der Waals surface area contributed by atoms with Gasteiger partial charge in [-0.05, 0) is 65.7 Å². The van der Waals surface area contributed by atoms with Gasteiger partial charge in [0, 0.05) is 24.4 Å². The highest BCUT2D eigenvalue weighted by atomic mass is 19.1. The first-order chi connectivity index (χ1) is 15.1. The highest BCUT2D eigenvalue weighted by Crippen LogP contribution is 2.28. The molecular formula is C22H27FN4O6. The van der Waals surface area contributed by atoms with Crippen LogP contribution < -0.4 is 4.90 Å². The topological polar surface area (TPSA) is 125 Å². The standard InChI is InChI=1S/C22H27FN4O6/c1-13-15(11-24-12-16(13)27(30)31)10-14-8-9-25-18(17(14)23)26(19(28)32-21(2,3)4)20(29)33-22(5,6)7/h8-9,11-12H,10H2,1-7H3. The van der Waals surface area contributed by atoms with E-state index >= 15 is 4.39 Å². The molecule has 0 fully saturated rings. The molecule has 0 aliphatic rings. The Labute approximate surface area is 190 Å². The third kappa shape index (κ3) is 6.67. The number of carbonyl (C=O) groups is 2. The Hall–Kier alpha value is -3.63. The van der Waals surface area contributed by atoms with Crippen LogP contribution >= 0.6 is 0 Å². The average Bonchev–Trinajstić information content (AvgIpc) is 2.63. The molecule has 0 saturated heterocycles. The zero-order chi connectivity index (χ0) is 25.1.